The van der Waals surface area contributed by atoms with Gasteiger partial charge < -0.3 is 19.3 Å². The molecule has 0 aliphatic carbocycles. The second kappa shape index (κ2) is 5.77. The molecule has 0 saturated carbocycles. The van der Waals surface area contributed by atoms with E-state index in [-0.39, 0.29) is 18.7 Å². The maximum absolute atomic E-state index is 11.1. The summed E-state index contributed by atoms with van der Waals surface area (Å²) in [5.74, 6) is -0.366. The summed E-state index contributed by atoms with van der Waals surface area (Å²) in [6.45, 7) is 6.71. The molecule has 0 aromatic heterocycles. The van der Waals surface area contributed by atoms with Crippen molar-refractivity contribution in [1.29, 1.82) is 0 Å². The van der Waals surface area contributed by atoms with E-state index in [1.807, 2.05) is 0 Å². The highest BCUT2D eigenvalue weighted by molar-refractivity contribution is 5.65. The Hall–Kier alpha value is -1.30. The Morgan fingerprint density at radius 2 is 2.11 bits per heavy atom. The third-order valence-corrected chi connectivity index (χ3v) is 3.25. The van der Waals surface area contributed by atoms with Crippen LogP contribution < -0.4 is 0 Å². The number of esters is 1. The van der Waals surface area contributed by atoms with Crippen molar-refractivity contribution >= 4 is 12.1 Å². The molecule has 0 aromatic rings. The number of rotatable bonds is 6. The first-order chi connectivity index (χ1) is 8.62. The van der Waals surface area contributed by atoms with Gasteiger partial charge in [0.05, 0.1) is 12.2 Å². The van der Waals surface area contributed by atoms with Crippen molar-refractivity contribution in [3.63, 3.8) is 0 Å². The Bertz CT molecular complexity index is 347. The summed E-state index contributed by atoms with van der Waals surface area (Å²) < 4.78 is 14.9. The SMILES string of the molecule is CC(=O)OCC[C@](C)(O)CC[C@H]1OC(=O)OC1(C)C. The molecule has 19 heavy (non-hydrogen) atoms. The molecule has 1 aliphatic heterocycles. The summed E-state index contributed by atoms with van der Waals surface area (Å²) in [7, 11) is 0. The number of hydrogen-bond acceptors (Lipinski definition) is 6. The van der Waals surface area contributed by atoms with Crippen LogP contribution in [0.5, 0.6) is 0 Å². The third kappa shape index (κ3) is 5.06. The Morgan fingerprint density at radius 1 is 1.47 bits per heavy atom. The second-order valence-corrected chi connectivity index (χ2v) is 5.69. The standard InChI is InChI=1S/C13H22O6/c1-9(14)17-8-7-13(4,16)6-5-10-12(2,3)19-11(15)18-10/h10,16H,5-8H2,1-4H3/t10-,13-/m1/s1. The van der Waals surface area contributed by atoms with Crippen LogP contribution in [-0.4, -0.2) is 41.1 Å². The van der Waals surface area contributed by atoms with E-state index in [4.69, 9.17) is 14.2 Å². The average Bonchev–Trinajstić information content (AvgIpc) is 2.47. The van der Waals surface area contributed by atoms with Crippen molar-refractivity contribution < 1.29 is 28.9 Å². The van der Waals surface area contributed by atoms with Crippen LogP contribution in [0.25, 0.3) is 0 Å². The van der Waals surface area contributed by atoms with E-state index in [1.54, 1.807) is 20.8 Å². The number of carbonyl (C=O) groups excluding carboxylic acids is 2. The molecule has 0 bridgehead atoms. The van der Waals surface area contributed by atoms with Gasteiger partial charge in [-0.3, -0.25) is 4.79 Å². The van der Waals surface area contributed by atoms with E-state index in [1.165, 1.54) is 6.92 Å². The fraction of sp³-hybridized carbons (Fsp3) is 0.846. The molecular formula is C13H22O6. The van der Waals surface area contributed by atoms with Crippen LogP contribution in [-0.2, 0) is 19.0 Å². The second-order valence-electron chi connectivity index (χ2n) is 5.69. The molecule has 1 fully saturated rings. The van der Waals surface area contributed by atoms with Gasteiger partial charge in [-0.2, -0.15) is 0 Å². The largest absolute Gasteiger partial charge is 0.509 e. The van der Waals surface area contributed by atoms with Crippen LogP contribution in [0.15, 0.2) is 0 Å². The molecule has 2 atom stereocenters. The molecule has 6 nitrogen and oxygen atoms in total. The lowest BCUT2D eigenvalue weighted by molar-refractivity contribution is -0.142. The predicted molar refractivity (Wildman–Crippen MR) is 66.5 cm³/mol. The van der Waals surface area contributed by atoms with Crippen LogP contribution in [0.4, 0.5) is 4.79 Å². The molecule has 1 rings (SSSR count). The average molecular weight is 274 g/mol. The lowest BCUT2D eigenvalue weighted by Crippen LogP contribution is -2.36. The lowest BCUT2D eigenvalue weighted by Gasteiger charge is -2.27. The summed E-state index contributed by atoms with van der Waals surface area (Å²) in [5, 5.41) is 10.2. The molecule has 110 valence electrons. The molecule has 6 heteroatoms. The zero-order valence-corrected chi connectivity index (χ0v) is 11.9. The highest BCUT2D eigenvalue weighted by Gasteiger charge is 2.44. The summed E-state index contributed by atoms with van der Waals surface area (Å²) in [6.07, 6.45) is 0.217. The van der Waals surface area contributed by atoms with Crippen molar-refractivity contribution in [2.75, 3.05) is 6.61 Å². The minimum absolute atomic E-state index is 0.173. The fourth-order valence-corrected chi connectivity index (χ4v) is 1.95. The van der Waals surface area contributed by atoms with Gasteiger partial charge in [0.2, 0.25) is 0 Å². The molecule has 1 N–H and O–H groups in total. The number of ether oxygens (including phenoxy) is 3. The van der Waals surface area contributed by atoms with Gasteiger partial charge >= 0.3 is 12.1 Å². The van der Waals surface area contributed by atoms with Crippen molar-refractivity contribution in [2.45, 2.75) is 64.3 Å². The normalized spacial score (nSPS) is 24.3. The zero-order valence-electron chi connectivity index (χ0n) is 11.9. The molecule has 1 saturated heterocycles. The number of carbonyl (C=O) groups is 2. The molecule has 1 heterocycles. The molecule has 0 aromatic carbocycles. The van der Waals surface area contributed by atoms with E-state index in [0.29, 0.717) is 19.3 Å². The Labute approximate surface area is 113 Å². The predicted octanol–water partition coefficient (Wildman–Crippen LogP) is 1.78. The monoisotopic (exact) mass is 274 g/mol. The maximum Gasteiger partial charge on any atom is 0.509 e. The quantitative estimate of drug-likeness (QED) is 0.743. The number of cyclic esters (lactones) is 2. The Balaban J connectivity index is 2.38. The molecule has 0 unspecified atom stereocenters. The van der Waals surface area contributed by atoms with Gasteiger partial charge in [-0.15, -0.1) is 0 Å². The van der Waals surface area contributed by atoms with Crippen molar-refractivity contribution in [2.24, 2.45) is 0 Å². The maximum atomic E-state index is 11.1. The minimum Gasteiger partial charge on any atom is -0.466 e. The first-order valence-electron chi connectivity index (χ1n) is 6.38. The fourth-order valence-electron chi connectivity index (χ4n) is 1.95. The molecule has 0 radical (unpaired) electrons. The van der Waals surface area contributed by atoms with E-state index >= 15 is 0 Å². The molecular weight excluding hydrogens is 252 g/mol. The highest BCUT2D eigenvalue weighted by atomic mass is 16.8. The number of aliphatic hydroxyl groups is 1. The third-order valence-electron chi connectivity index (χ3n) is 3.25. The smallest absolute Gasteiger partial charge is 0.466 e. The van der Waals surface area contributed by atoms with Gasteiger partial charge in [0.1, 0.15) is 11.7 Å². The first kappa shape index (κ1) is 15.8. The summed E-state index contributed by atoms with van der Waals surface area (Å²) in [5.41, 5.74) is -1.65. The van der Waals surface area contributed by atoms with Gasteiger partial charge in [-0.05, 0) is 33.6 Å². The molecule has 0 amide bonds. The summed E-state index contributed by atoms with van der Waals surface area (Å²) in [6, 6.07) is 0. The molecule has 0 spiro atoms. The van der Waals surface area contributed by atoms with E-state index in [9.17, 15) is 14.7 Å². The first-order valence-corrected chi connectivity index (χ1v) is 6.38. The zero-order chi connectivity index (χ0) is 14.7. The van der Waals surface area contributed by atoms with E-state index < -0.39 is 17.4 Å². The van der Waals surface area contributed by atoms with E-state index in [0.717, 1.165) is 0 Å². The van der Waals surface area contributed by atoms with Gasteiger partial charge in [-0.1, -0.05) is 0 Å². The molecule has 1 aliphatic rings. The van der Waals surface area contributed by atoms with Crippen molar-refractivity contribution in [3.8, 4) is 0 Å². The van der Waals surface area contributed by atoms with Crippen LogP contribution in [0, 0.1) is 0 Å². The highest BCUT2D eigenvalue weighted by Crippen LogP contribution is 2.31. The van der Waals surface area contributed by atoms with E-state index in [2.05, 4.69) is 0 Å². The van der Waals surface area contributed by atoms with Crippen LogP contribution >= 0.6 is 0 Å². The number of hydrogen-bond donors (Lipinski definition) is 1. The van der Waals surface area contributed by atoms with Crippen LogP contribution in [0.3, 0.4) is 0 Å². The van der Waals surface area contributed by atoms with Gasteiger partial charge in [0.15, 0.2) is 0 Å². The van der Waals surface area contributed by atoms with Crippen molar-refractivity contribution in [3.05, 3.63) is 0 Å². The Kier molecular flexibility index (Phi) is 4.79. The van der Waals surface area contributed by atoms with Gasteiger partial charge in [-0.25, -0.2) is 4.79 Å². The Morgan fingerprint density at radius 3 is 2.58 bits per heavy atom. The van der Waals surface area contributed by atoms with Gasteiger partial charge in [0.25, 0.3) is 0 Å². The van der Waals surface area contributed by atoms with Crippen molar-refractivity contribution in [1.82, 2.24) is 0 Å². The summed E-state index contributed by atoms with van der Waals surface area (Å²) in [4.78, 5) is 21.7. The lowest BCUT2D eigenvalue weighted by atomic mass is 9.90. The summed E-state index contributed by atoms with van der Waals surface area (Å²) >= 11 is 0. The topological polar surface area (TPSA) is 82.1 Å². The van der Waals surface area contributed by atoms with Crippen LogP contribution in [0.1, 0.15) is 47.0 Å². The van der Waals surface area contributed by atoms with Crippen LogP contribution in [0.2, 0.25) is 0 Å². The van der Waals surface area contributed by atoms with Gasteiger partial charge in [0, 0.05) is 13.3 Å². The minimum atomic E-state index is -0.972.